The highest BCUT2D eigenvalue weighted by molar-refractivity contribution is 6.06. The Balaban J connectivity index is 2.12. The third-order valence-electron chi connectivity index (χ3n) is 3.39. The maximum absolute atomic E-state index is 12.4. The van der Waals surface area contributed by atoms with E-state index in [4.69, 9.17) is 4.74 Å². The molecule has 0 bridgehead atoms. The van der Waals surface area contributed by atoms with Crippen molar-refractivity contribution >= 4 is 28.7 Å². The van der Waals surface area contributed by atoms with E-state index in [0.717, 1.165) is 11.5 Å². The molecule has 0 fully saturated rings. The third-order valence-corrected chi connectivity index (χ3v) is 3.39. The molecule has 1 aromatic carbocycles. The maximum Gasteiger partial charge on any atom is 0.330 e. The first kappa shape index (κ1) is 18.1. The van der Waals surface area contributed by atoms with Gasteiger partial charge in [-0.25, -0.2) is 9.59 Å². The molecular formula is C18H18N2O5. The van der Waals surface area contributed by atoms with Gasteiger partial charge in [-0.1, -0.05) is 24.3 Å². The van der Waals surface area contributed by atoms with Crippen molar-refractivity contribution in [1.29, 1.82) is 0 Å². The highest BCUT2D eigenvalue weighted by Crippen LogP contribution is 2.16. The van der Waals surface area contributed by atoms with Crippen LogP contribution in [0.25, 0.3) is 10.9 Å². The minimum absolute atomic E-state index is 0.0436. The summed E-state index contributed by atoms with van der Waals surface area (Å²) in [7, 11) is 0. The zero-order chi connectivity index (χ0) is 18.2. The molecule has 7 heteroatoms. The van der Waals surface area contributed by atoms with Crippen LogP contribution in [0.3, 0.4) is 0 Å². The molecule has 0 aliphatic rings. The summed E-state index contributed by atoms with van der Waals surface area (Å²) in [4.78, 5) is 39.2. The number of rotatable bonds is 7. The summed E-state index contributed by atoms with van der Waals surface area (Å²) in [6.07, 6.45) is 4.03. The van der Waals surface area contributed by atoms with E-state index in [9.17, 15) is 19.5 Å². The van der Waals surface area contributed by atoms with Crippen LogP contribution in [-0.2, 0) is 14.3 Å². The summed E-state index contributed by atoms with van der Waals surface area (Å²) in [5.41, 5.74) is 0.785. The van der Waals surface area contributed by atoms with Crippen molar-refractivity contribution in [3.05, 3.63) is 54.2 Å². The third kappa shape index (κ3) is 4.87. The summed E-state index contributed by atoms with van der Waals surface area (Å²) in [6.45, 7) is 1.90. The zero-order valence-corrected chi connectivity index (χ0v) is 13.6. The van der Waals surface area contributed by atoms with Crippen LogP contribution in [0.2, 0.25) is 0 Å². The lowest BCUT2D eigenvalue weighted by atomic mass is 10.1. The maximum atomic E-state index is 12.4. The lowest BCUT2D eigenvalue weighted by Gasteiger charge is -2.13. The number of carboxylic acids is 1. The molecule has 0 spiro atoms. The monoisotopic (exact) mass is 342 g/mol. The predicted molar refractivity (Wildman–Crippen MR) is 91.0 cm³/mol. The van der Waals surface area contributed by atoms with Gasteiger partial charge in [-0.3, -0.25) is 9.78 Å². The molecule has 0 radical (unpaired) electrons. The molecule has 0 unspecified atom stereocenters. The second kappa shape index (κ2) is 8.58. The van der Waals surface area contributed by atoms with Crippen LogP contribution >= 0.6 is 0 Å². The summed E-state index contributed by atoms with van der Waals surface area (Å²) in [6, 6.07) is 7.50. The van der Waals surface area contributed by atoms with Gasteiger partial charge in [0, 0.05) is 17.7 Å². The minimum atomic E-state index is -1.20. The number of esters is 1. The largest absolute Gasteiger partial charge is 0.480 e. The van der Waals surface area contributed by atoms with E-state index >= 15 is 0 Å². The normalized spacial score (nSPS) is 12.0. The van der Waals surface area contributed by atoms with Crippen molar-refractivity contribution in [1.82, 2.24) is 10.3 Å². The lowest BCUT2D eigenvalue weighted by Crippen LogP contribution is -2.40. The van der Waals surface area contributed by atoms with Crippen LogP contribution in [0.1, 0.15) is 23.7 Å². The summed E-state index contributed by atoms with van der Waals surface area (Å²) in [5.74, 6) is -2.30. The summed E-state index contributed by atoms with van der Waals surface area (Å²) < 4.78 is 4.71. The number of nitrogens with one attached hydrogen (secondary N) is 1. The van der Waals surface area contributed by atoms with Gasteiger partial charge in [-0.2, -0.15) is 0 Å². The summed E-state index contributed by atoms with van der Waals surface area (Å²) in [5, 5.41) is 12.5. The molecule has 2 rings (SSSR count). The second-order valence-corrected chi connectivity index (χ2v) is 5.14. The number of para-hydroxylation sites is 1. The van der Waals surface area contributed by atoms with E-state index in [1.165, 1.54) is 6.08 Å². The standard InChI is InChI=1S/C18H18N2O5/c1-2-25-15(21)10-4-9-14(18(23)24)20-17(22)13-8-3-6-12-7-5-11-19-16(12)13/h3-8,10-11,14H,2,9H2,1H3,(H,20,22)(H,23,24)/b10-4+/t14-/m0/s1. The van der Waals surface area contributed by atoms with Gasteiger partial charge in [0.15, 0.2) is 0 Å². The van der Waals surface area contributed by atoms with Gasteiger partial charge in [0.25, 0.3) is 5.91 Å². The highest BCUT2D eigenvalue weighted by Gasteiger charge is 2.21. The van der Waals surface area contributed by atoms with Crippen molar-refractivity contribution < 1.29 is 24.2 Å². The van der Waals surface area contributed by atoms with Crippen LogP contribution in [0.4, 0.5) is 0 Å². The first-order chi connectivity index (χ1) is 12.0. The first-order valence-electron chi connectivity index (χ1n) is 7.73. The SMILES string of the molecule is CCOC(=O)/C=C/C[C@H](NC(=O)c1cccc2cccnc12)C(=O)O. The Morgan fingerprint density at radius 2 is 2.04 bits per heavy atom. The van der Waals surface area contributed by atoms with Crippen LogP contribution in [-0.4, -0.2) is 40.6 Å². The average molecular weight is 342 g/mol. The smallest absolute Gasteiger partial charge is 0.330 e. The van der Waals surface area contributed by atoms with E-state index in [0.29, 0.717) is 11.1 Å². The Morgan fingerprint density at radius 1 is 1.28 bits per heavy atom. The van der Waals surface area contributed by atoms with Gasteiger partial charge in [0.05, 0.1) is 17.7 Å². The summed E-state index contributed by atoms with van der Waals surface area (Å²) >= 11 is 0. The topological polar surface area (TPSA) is 106 Å². The van der Waals surface area contributed by atoms with E-state index in [-0.39, 0.29) is 13.0 Å². The molecule has 2 aromatic rings. The number of carboxylic acid groups (broad SMARTS) is 1. The Labute approximate surface area is 144 Å². The molecule has 0 aliphatic heterocycles. The van der Waals surface area contributed by atoms with Gasteiger partial charge in [0.1, 0.15) is 6.04 Å². The Morgan fingerprint density at radius 3 is 2.76 bits per heavy atom. The molecule has 7 nitrogen and oxygen atoms in total. The predicted octanol–water partition coefficient (Wildman–Crippen LogP) is 1.93. The molecule has 130 valence electrons. The number of carbonyl (C=O) groups is 3. The molecule has 0 saturated carbocycles. The number of hydrogen-bond donors (Lipinski definition) is 2. The number of amides is 1. The zero-order valence-electron chi connectivity index (χ0n) is 13.6. The highest BCUT2D eigenvalue weighted by atomic mass is 16.5. The average Bonchev–Trinajstić information content (AvgIpc) is 2.60. The number of aromatic nitrogens is 1. The van der Waals surface area contributed by atoms with E-state index in [2.05, 4.69) is 10.3 Å². The van der Waals surface area contributed by atoms with Crippen molar-refractivity contribution in [2.24, 2.45) is 0 Å². The van der Waals surface area contributed by atoms with Gasteiger partial charge < -0.3 is 15.2 Å². The van der Waals surface area contributed by atoms with Gasteiger partial charge in [0.2, 0.25) is 0 Å². The van der Waals surface area contributed by atoms with Crippen LogP contribution in [0.5, 0.6) is 0 Å². The molecule has 25 heavy (non-hydrogen) atoms. The molecule has 0 saturated heterocycles. The van der Waals surface area contributed by atoms with E-state index in [1.54, 1.807) is 31.3 Å². The van der Waals surface area contributed by atoms with Crippen molar-refractivity contribution in [3.8, 4) is 0 Å². The fourth-order valence-corrected chi connectivity index (χ4v) is 2.24. The molecule has 1 heterocycles. The first-order valence-corrected chi connectivity index (χ1v) is 7.73. The number of pyridine rings is 1. The Bertz CT molecular complexity index is 811. The van der Waals surface area contributed by atoms with Gasteiger partial charge >= 0.3 is 11.9 Å². The number of ether oxygens (including phenoxy) is 1. The number of hydrogen-bond acceptors (Lipinski definition) is 5. The fraction of sp³-hybridized carbons (Fsp3) is 0.222. The number of nitrogens with zero attached hydrogens (tertiary/aromatic N) is 1. The number of fused-ring (bicyclic) bond motifs is 1. The molecular weight excluding hydrogens is 324 g/mol. The van der Waals surface area contributed by atoms with Crippen molar-refractivity contribution in [3.63, 3.8) is 0 Å². The lowest BCUT2D eigenvalue weighted by molar-refractivity contribution is -0.139. The molecule has 2 N–H and O–H groups in total. The van der Waals surface area contributed by atoms with Crippen LogP contribution in [0, 0.1) is 0 Å². The molecule has 1 amide bonds. The van der Waals surface area contributed by atoms with Crippen molar-refractivity contribution in [2.75, 3.05) is 6.61 Å². The molecule has 1 atom stereocenters. The fourth-order valence-electron chi connectivity index (χ4n) is 2.24. The number of benzene rings is 1. The molecule has 0 aliphatic carbocycles. The number of carbonyl (C=O) groups excluding carboxylic acids is 2. The number of aliphatic carboxylic acids is 1. The second-order valence-electron chi connectivity index (χ2n) is 5.14. The van der Waals surface area contributed by atoms with Gasteiger partial charge in [-0.15, -0.1) is 0 Å². The Hall–Kier alpha value is -3.22. The Kier molecular flexibility index (Phi) is 6.22. The van der Waals surface area contributed by atoms with Gasteiger partial charge in [-0.05, 0) is 25.5 Å². The van der Waals surface area contributed by atoms with Crippen LogP contribution < -0.4 is 5.32 Å². The quantitative estimate of drug-likeness (QED) is 0.588. The van der Waals surface area contributed by atoms with E-state index in [1.807, 2.05) is 12.1 Å². The minimum Gasteiger partial charge on any atom is -0.480 e. The van der Waals surface area contributed by atoms with Crippen LogP contribution in [0.15, 0.2) is 48.7 Å². The molecule has 1 aromatic heterocycles. The van der Waals surface area contributed by atoms with Crippen molar-refractivity contribution in [2.45, 2.75) is 19.4 Å². The van der Waals surface area contributed by atoms with E-state index < -0.39 is 23.9 Å².